The van der Waals surface area contributed by atoms with E-state index < -0.39 is 4.92 Å². The number of carbonyl (C=O) groups is 1. The van der Waals surface area contributed by atoms with Crippen LogP contribution in [0.2, 0.25) is 0 Å². The summed E-state index contributed by atoms with van der Waals surface area (Å²) in [4.78, 5) is 24.7. The molecule has 2 aromatic rings. The zero-order valence-corrected chi connectivity index (χ0v) is 14.2. The molecule has 0 aromatic heterocycles. The Hall–Kier alpha value is -3.02. The third-order valence-electron chi connectivity index (χ3n) is 3.43. The highest BCUT2D eigenvalue weighted by Gasteiger charge is 2.33. The molecule has 3 rings (SSSR count). The molecule has 0 bridgehead atoms. The third kappa shape index (κ3) is 3.42. The molecule has 1 heterocycles. The summed E-state index contributed by atoms with van der Waals surface area (Å²) in [5.74, 6) is -0.333. The number of hydrogen-bond donors (Lipinski definition) is 0. The van der Waals surface area contributed by atoms with Gasteiger partial charge in [0.25, 0.3) is 11.6 Å². The highest BCUT2D eigenvalue weighted by atomic mass is 32.2. The maximum atomic E-state index is 12.7. The van der Waals surface area contributed by atoms with Crippen molar-refractivity contribution in [1.82, 2.24) is 0 Å². The molecule has 0 aliphatic carbocycles. The summed E-state index contributed by atoms with van der Waals surface area (Å²) in [6, 6.07) is 14.6. The van der Waals surface area contributed by atoms with E-state index in [1.165, 1.54) is 23.1 Å². The second-order valence-electron chi connectivity index (χ2n) is 5.03. The lowest BCUT2D eigenvalue weighted by atomic mass is 10.1. The molecular formula is C17H9N3O3S2. The molecule has 2 aromatic carbocycles. The normalized spacial score (nSPS) is 15.5. The second-order valence-corrected chi connectivity index (χ2v) is 6.70. The molecule has 0 spiro atoms. The fraction of sp³-hybridized carbons (Fsp3) is 0. The van der Waals surface area contributed by atoms with Crippen LogP contribution in [0.1, 0.15) is 11.1 Å². The Morgan fingerprint density at radius 1 is 1.24 bits per heavy atom. The minimum absolute atomic E-state index is 0.109. The number of benzene rings is 2. The molecule has 1 aliphatic rings. The van der Waals surface area contributed by atoms with Crippen molar-refractivity contribution in [3.63, 3.8) is 0 Å². The van der Waals surface area contributed by atoms with E-state index >= 15 is 0 Å². The number of nitro benzene ring substituents is 1. The summed E-state index contributed by atoms with van der Waals surface area (Å²) in [6.45, 7) is 0. The lowest BCUT2D eigenvalue weighted by Gasteiger charge is -2.13. The van der Waals surface area contributed by atoms with Gasteiger partial charge in [0.15, 0.2) is 4.32 Å². The maximum absolute atomic E-state index is 12.7. The predicted molar refractivity (Wildman–Crippen MR) is 99.9 cm³/mol. The highest BCUT2D eigenvalue weighted by molar-refractivity contribution is 8.27. The number of nitrogens with zero attached hydrogens (tertiary/aromatic N) is 3. The lowest BCUT2D eigenvalue weighted by molar-refractivity contribution is -0.384. The van der Waals surface area contributed by atoms with Gasteiger partial charge in [-0.25, -0.2) is 0 Å². The van der Waals surface area contributed by atoms with Gasteiger partial charge in [0.2, 0.25) is 0 Å². The van der Waals surface area contributed by atoms with E-state index in [2.05, 4.69) is 0 Å². The van der Waals surface area contributed by atoms with Crippen molar-refractivity contribution < 1.29 is 9.72 Å². The van der Waals surface area contributed by atoms with Gasteiger partial charge < -0.3 is 0 Å². The lowest BCUT2D eigenvalue weighted by Crippen LogP contribution is -2.27. The van der Waals surface area contributed by atoms with Crippen LogP contribution in [-0.4, -0.2) is 15.2 Å². The number of amides is 1. The van der Waals surface area contributed by atoms with Crippen LogP contribution in [0.25, 0.3) is 6.08 Å². The van der Waals surface area contributed by atoms with Gasteiger partial charge in [-0.15, -0.1) is 0 Å². The Morgan fingerprint density at radius 3 is 2.60 bits per heavy atom. The zero-order valence-electron chi connectivity index (χ0n) is 12.6. The van der Waals surface area contributed by atoms with Gasteiger partial charge in [0.05, 0.1) is 27.1 Å². The Kier molecular flexibility index (Phi) is 4.61. The average Bonchev–Trinajstić information content (AvgIpc) is 2.89. The topological polar surface area (TPSA) is 87.2 Å². The quantitative estimate of drug-likeness (QED) is 0.354. The van der Waals surface area contributed by atoms with Crippen molar-refractivity contribution in [3.8, 4) is 6.07 Å². The fourth-order valence-corrected chi connectivity index (χ4v) is 3.54. The van der Waals surface area contributed by atoms with Crippen molar-refractivity contribution in [2.45, 2.75) is 0 Å². The van der Waals surface area contributed by atoms with Crippen molar-refractivity contribution in [2.75, 3.05) is 4.90 Å². The number of carbonyl (C=O) groups excluding carboxylic acids is 1. The second kappa shape index (κ2) is 6.84. The van der Waals surface area contributed by atoms with E-state index in [1.807, 2.05) is 6.07 Å². The molecule has 25 heavy (non-hydrogen) atoms. The van der Waals surface area contributed by atoms with E-state index in [9.17, 15) is 14.9 Å². The number of hydrogen-bond acceptors (Lipinski definition) is 6. The number of anilines is 1. The number of rotatable bonds is 3. The van der Waals surface area contributed by atoms with Crippen molar-refractivity contribution >= 4 is 51.7 Å². The summed E-state index contributed by atoms with van der Waals surface area (Å²) >= 11 is 6.39. The Bertz CT molecular complexity index is 962. The van der Waals surface area contributed by atoms with Crippen molar-refractivity contribution in [2.24, 2.45) is 0 Å². The van der Waals surface area contributed by atoms with Gasteiger partial charge in [-0.1, -0.05) is 42.2 Å². The molecule has 1 amide bonds. The van der Waals surface area contributed by atoms with Gasteiger partial charge in [-0.05, 0) is 29.8 Å². The first-order valence-electron chi connectivity index (χ1n) is 7.02. The Morgan fingerprint density at radius 2 is 1.96 bits per heavy atom. The summed E-state index contributed by atoms with van der Waals surface area (Å²) in [7, 11) is 0. The fourth-order valence-electron chi connectivity index (χ4n) is 2.24. The van der Waals surface area contributed by atoms with Gasteiger partial charge in [-0.2, -0.15) is 5.26 Å². The first kappa shape index (κ1) is 16.8. The largest absolute Gasteiger partial charge is 0.271 e. The molecule has 1 aliphatic heterocycles. The van der Waals surface area contributed by atoms with Crippen LogP contribution in [0.5, 0.6) is 0 Å². The summed E-state index contributed by atoms with van der Waals surface area (Å²) < 4.78 is 0.311. The first-order chi connectivity index (χ1) is 12.0. The van der Waals surface area contributed by atoms with E-state index in [0.717, 1.165) is 17.3 Å². The van der Waals surface area contributed by atoms with Crippen LogP contribution in [0, 0.1) is 21.4 Å². The van der Waals surface area contributed by atoms with Crippen LogP contribution in [0.4, 0.5) is 11.4 Å². The maximum Gasteiger partial charge on any atom is 0.271 e. The molecule has 8 heteroatoms. The van der Waals surface area contributed by atoms with Gasteiger partial charge in [0.1, 0.15) is 0 Å². The van der Waals surface area contributed by atoms with Gasteiger partial charge in [0, 0.05) is 12.1 Å². The Labute approximate surface area is 152 Å². The monoisotopic (exact) mass is 367 g/mol. The highest BCUT2D eigenvalue weighted by Crippen LogP contribution is 2.36. The van der Waals surface area contributed by atoms with E-state index in [0.29, 0.717) is 20.5 Å². The molecule has 6 nitrogen and oxygen atoms in total. The van der Waals surface area contributed by atoms with Crippen LogP contribution in [0.15, 0.2) is 53.4 Å². The SMILES string of the molecule is N#Cc1ccc(/C=C2/SC(=S)N(c3cccc([N+](=O)[O-])c3)C2=O)cc1. The number of non-ortho nitro benzene ring substituents is 1. The minimum Gasteiger partial charge on any atom is -0.268 e. The predicted octanol–water partition coefficient (Wildman–Crippen LogP) is 3.87. The summed E-state index contributed by atoms with van der Waals surface area (Å²) in [6.07, 6.45) is 1.68. The smallest absolute Gasteiger partial charge is 0.268 e. The van der Waals surface area contributed by atoms with Crippen LogP contribution in [0.3, 0.4) is 0 Å². The minimum atomic E-state index is -0.520. The van der Waals surface area contributed by atoms with Crippen LogP contribution < -0.4 is 4.90 Å². The summed E-state index contributed by atoms with van der Waals surface area (Å²) in [5, 5.41) is 19.7. The van der Waals surface area contributed by atoms with Crippen LogP contribution in [-0.2, 0) is 4.79 Å². The number of nitriles is 1. The van der Waals surface area contributed by atoms with Gasteiger partial charge in [-0.3, -0.25) is 19.8 Å². The molecular weight excluding hydrogens is 358 g/mol. The van der Waals surface area contributed by atoms with Crippen molar-refractivity contribution in [1.29, 1.82) is 5.26 Å². The molecule has 0 N–H and O–H groups in total. The number of nitro groups is 1. The van der Waals surface area contributed by atoms with Crippen molar-refractivity contribution in [3.05, 3.63) is 74.7 Å². The number of thioether (sulfide) groups is 1. The van der Waals surface area contributed by atoms with E-state index in [4.69, 9.17) is 17.5 Å². The Balaban J connectivity index is 1.92. The van der Waals surface area contributed by atoms with Crippen LogP contribution >= 0.6 is 24.0 Å². The molecule has 122 valence electrons. The standard InChI is InChI=1S/C17H9N3O3S2/c18-10-12-6-4-11(5-7-12)8-15-16(21)19(17(24)25-15)13-2-1-3-14(9-13)20(22)23/h1-9H/b15-8+. The zero-order chi connectivity index (χ0) is 18.0. The average molecular weight is 367 g/mol. The summed E-state index contributed by atoms with van der Waals surface area (Å²) in [5.41, 5.74) is 1.54. The molecule has 0 radical (unpaired) electrons. The van der Waals surface area contributed by atoms with E-state index in [-0.39, 0.29) is 11.6 Å². The molecule has 0 saturated carbocycles. The molecule has 1 fully saturated rings. The molecule has 0 unspecified atom stereocenters. The van der Waals surface area contributed by atoms with Gasteiger partial charge >= 0.3 is 0 Å². The molecule has 1 saturated heterocycles. The number of thiocarbonyl (C=S) groups is 1. The first-order valence-corrected chi connectivity index (χ1v) is 8.24. The van der Waals surface area contributed by atoms with E-state index in [1.54, 1.807) is 36.4 Å². The third-order valence-corrected chi connectivity index (χ3v) is 4.73. The molecule has 0 atom stereocenters.